The Bertz CT molecular complexity index is 519. The Labute approximate surface area is 128 Å². The number of halogens is 1. The lowest BCUT2D eigenvalue weighted by Gasteiger charge is -2.22. The first-order valence-corrected chi connectivity index (χ1v) is 9.25. The van der Waals surface area contributed by atoms with Crippen molar-refractivity contribution >= 4 is 33.0 Å². The zero-order valence-electron chi connectivity index (χ0n) is 11.3. The van der Waals surface area contributed by atoms with Crippen LogP contribution in [0.15, 0.2) is 10.3 Å². The second kappa shape index (κ2) is 7.20. The molecule has 20 heavy (non-hydrogen) atoms. The van der Waals surface area contributed by atoms with Gasteiger partial charge >= 0.3 is 0 Å². The molecule has 0 bridgehead atoms. The molecular weight excluding hydrogens is 320 g/mol. The molecule has 0 amide bonds. The van der Waals surface area contributed by atoms with Crippen molar-refractivity contribution in [1.29, 1.82) is 0 Å². The summed E-state index contributed by atoms with van der Waals surface area (Å²) in [6.45, 7) is 4.38. The van der Waals surface area contributed by atoms with Crippen molar-refractivity contribution in [2.24, 2.45) is 0 Å². The van der Waals surface area contributed by atoms with Crippen LogP contribution in [0.1, 0.15) is 18.4 Å². The maximum atomic E-state index is 12.0. The zero-order chi connectivity index (χ0) is 14.6. The molecule has 114 valence electrons. The van der Waals surface area contributed by atoms with Crippen LogP contribution >= 0.6 is 22.9 Å². The minimum atomic E-state index is -3.47. The monoisotopic (exact) mass is 338 g/mol. The van der Waals surface area contributed by atoms with Crippen molar-refractivity contribution in [3.05, 3.63) is 16.0 Å². The lowest BCUT2D eigenvalue weighted by atomic mass is 10.1. The molecule has 1 aliphatic rings. The molecule has 0 aliphatic carbocycles. The fraction of sp³-hybridized carbons (Fsp3) is 0.667. The number of hydrogen-bond acceptors (Lipinski definition) is 5. The average Bonchev–Trinajstić information content (AvgIpc) is 2.77. The van der Waals surface area contributed by atoms with E-state index < -0.39 is 10.0 Å². The largest absolute Gasteiger partial charge is 0.377 e. The zero-order valence-corrected chi connectivity index (χ0v) is 13.7. The minimum Gasteiger partial charge on any atom is -0.377 e. The second-order valence-electron chi connectivity index (χ2n) is 4.74. The summed E-state index contributed by atoms with van der Waals surface area (Å²) in [5.74, 6) is 0. The molecule has 0 unspecified atom stereocenters. The van der Waals surface area contributed by atoms with Crippen molar-refractivity contribution in [2.75, 3.05) is 26.2 Å². The third-order valence-electron chi connectivity index (χ3n) is 3.13. The Balaban J connectivity index is 1.77. The van der Waals surface area contributed by atoms with Crippen LogP contribution in [0.25, 0.3) is 0 Å². The lowest BCUT2D eigenvalue weighted by molar-refractivity contribution is 0.0367. The minimum absolute atomic E-state index is 0.235. The van der Waals surface area contributed by atoms with Gasteiger partial charge in [-0.05, 0) is 44.5 Å². The Hall–Kier alpha value is -0.180. The van der Waals surface area contributed by atoms with Crippen LogP contribution in [-0.2, 0) is 14.8 Å². The molecule has 0 saturated carbocycles. The smallest absolute Gasteiger partial charge is 0.250 e. The summed E-state index contributed by atoms with van der Waals surface area (Å²) in [6, 6.07) is 1.59. The second-order valence-corrected chi connectivity index (χ2v) is 8.39. The van der Waals surface area contributed by atoms with Gasteiger partial charge in [0.1, 0.15) is 4.21 Å². The quantitative estimate of drug-likeness (QED) is 0.776. The SMILES string of the molecule is Cc1cc(S(=O)(=O)NCCOC2CCNCC2)sc1Cl. The topological polar surface area (TPSA) is 67.4 Å². The predicted molar refractivity (Wildman–Crippen MR) is 81.1 cm³/mol. The van der Waals surface area contributed by atoms with Crippen molar-refractivity contribution in [3.63, 3.8) is 0 Å². The van der Waals surface area contributed by atoms with Crippen LogP contribution in [-0.4, -0.2) is 40.8 Å². The first-order chi connectivity index (χ1) is 9.49. The van der Waals surface area contributed by atoms with E-state index in [1.54, 1.807) is 13.0 Å². The molecule has 0 radical (unpaired) electrons. The van der Waals surface area contributed by atoms with Gasteiger partial charge in [0, 0.05) is 6.54 Å². The van der Waals surface area contributed by atoms with E-state index in [1.807, 2.05) is 0 Å². The number of ether oxygens (including phenoxy) is 1. The highest BCUT2D eigenvalue weighted by molar-refractivity contribution is 7.91. The van der Waals surface area contributed by atoms with E-state index in [-0.39, 0.29) is 16.9 Å². The number of aryl methyl sites for hydroxylation is 1. The molecule has 0 aromatic carbocycles. The highest BCUT2D eigenvalue weighted by Gasteiger charge is 2.18. The number of piperidine rings is 1. The van der Waals surface area contributed by atoms with Gasteiger partial charge in [0.25, 0.3) is 0 Å². The number of thiophene rings is 1. The van der Waals surface area contributed by atoms with E-state index in [1.165, 1.54) is 0 Å². The highest BCUT2D eigenvalue weighted by Crippen LogP contribution is 2.29. The Morgan fingerprint density at radius 3 is 2.80 bits per heavy atom. The van der Waals surface area contributed by atoms with Gasteiger partial charge in [-0.2, -0.15) is 0 Å². The van der Waals surface area contributed by atoms with Gasteiger partial charge in [-0.15, -0.1) is 11.3 Å². The van der Waals surface area contributed by atoms with Crippen molar-refractivity contribution in [3.8, 4) is 0 Å². The molecule has 1 aliphatic heterocycles. The number of rotatable bonds is 6. The fourth-order valence-corrected chi connectivity index (χ4v) is 4.76. The van der Waals surface area contributed by atoms with Crippen molar-refractivity contribution < 1.29 is 13.2 Å². The van der Waals surface area contributed by atoms with Crippen LogP contribution in [0.2, 0.25) is 4.34 Å². The summed E-state index contributed by atoms with van der Waals surface area (Å²) >= 11 is 6.97. The third kappa shape index (κ3) is 4.41. The highest BCUT2D eigenvalue weighted by atomic mass is 35.5. The molecule has 1 aromatic heterocycles. The van der Waals surface area contributed by atoms with E-state index >= 15 is 0 Å². The Morgan fingerprint density at radius 1 is 1.50 bits per heavy atom. The van der Waals surface area contributed by atoms with Gasteiger partial charge in [0.15, 0.2) is 0 Å². The Kier molecular flexibility index (Phi) is 5.83. The van der Waals surface area contributed by atoms with Crippen LogP contribution in [0.4, 0.5) is 0 Å². The van der Waals surface area contributed by atoms with Gasteiger partial charge in [-0.3, -0.25) is 0 Å². The molecule has 1 fully saturated rings. The van der Waals surface area contributed by atoms with Crippen LogP contribution in [0.3, 0.4) is 0 Å². The molecule has 2 heterocycles. The maximum Gasteiger partial charge on any atom is 0.250 e. The van der Waals surface area contributed by atoms with Gasteiger partial charge in [0.05, 0.1) is 17.0 Å². The lowest BCUT2D eigenvalue weighted by Crippen LogP contribution is -2.34. The maximum absolute atomic E-state index is 12.0. The molecule has 0 spiro atoms. The summed E-state index contributed by atoms with van der Waals surface area (Å²) < 4.78 is 33.0. The van der Waals surface area contributed by atoms with Gasteiger partial charge in [0.2, 0.25) is 10.0 Å². The van der Waals surface area contributed by atoms with Crippen LogP contribution < -0.4 is 10.0 Å². The summed E-state index contributed by atoms with van der Waals surface area (Å²) in [5.41, 5.74) is 0.781. The normalized spacial score (nSPS) is 17.5. The molecule has 1 saturated heterocycles. The van der Waals surface area contributed by atoms with Crippen molar-refractivity contribution in [2.45, 2.75) is 30.1 Å². The molecule has 0 atom stereocenters. The molecule has 2 N–H and O–H groups in total. The summed E-state index contributed by atoms with van der Waals surface area (Å²) in [7, 11) is -3.47. The molecule has 1 aromatic rings. The van der Waals surface area contributed by atoms with Gasteiger partial charge < -0.3 is 10.1 Å². The van der Waals surface area contributed by atoms with Gasteiger partial charge in [-0.1, -0.05) is 11.6 Å². The first kappa shape index (κ1) is 16.2. The van der Waals surface area contributed by atoms with Crippen molar-refractivity contribution in [1.82, 2.24) is 10.0 Å². The molecular formula is C12H19ClN2O3S2. The third-order valence-corrected chi connectivity index (χ3v) is 6.62. The molecule has 8 heteroatoms. The van der Waals surface area contributed by atoms with Gasteiger partial charge in [-0.25, -0.2) is 13.1 Å². The number of sulfonamides is 1. The average molecular weight is 339 g/mol. The van der Waals surface area contributed by atoms with E-state index in [4.69, 9.17) is 16.3 Å². The van der Waals surface area contributed by atoms with E-state index in [0.717, 1.165) is 42.8 Å². The van der Waals surface area contributed by atoms with Crippen LogP contribution in [0.5, 0.6) is 0 Å². The summed E-state index contributed by atoms with van der Waals surface area (Å²) in [5, 5.41) is 3.26. The molecule has 2 rings (SSSR count). The van der Waals surface area contributed by atoms with E-state index in [9.17, 15) is 8.42 Å². The van der Waals surface area contributed by atoms with Crippen LogP contribution in [0, 0.1) is 6.92 Å². The van der Waals surface area contributed by atoms with E-state index in [2.05, 4.69) is 10.0 Å². The fourth-order valence-electron chi connectivity index (χ4n) is 2.00. The number of nitrogens with one attached hydrogen (secondary N) is 2. The summed E-state index contributed by atoms with van der Waals surface area (Å²) in [6.07, 6.45) is 2.19. The summed E-state index contributed by atoms with van der Waals surface area (Å²) in [4.78, 5) is 0. The predicted octanol–water partition coefficient (Wildman–Crippen LogP) is 1.76. The number of hydrogen-bond donors (Lipinski definition) is 2. The standard InChI is InChI=1S/C12H19ClN2O3S2/c1-9-8-11(19-12(9)13)20(16,17)15-6-7-18-10-2-4-14-5-3-10/h8,10,14-15H,2-7H2,1H3. The first-order valence-electron chi connectivity index (χ1n) is 6.57. The van der Waals surface area contributed by atoms with E-state index in [0.29, 0.717) is 10.9 Å². The Morgan fingerprint density at radius 2 is 2.20 bits per heavy atom. The molecule has 5 nitrogen and oxygen atoms in total.